The van der Waals surface area contributed by atoms with Crippen molar-refractivity contribution >= 4 is 11.6 Å². The lowest BCUT2D eigenvalue weighted by molar-refractivity contribution is -0.118. The average Bonchev–Trinajstić information content (AvgIpc) is 2.58. The van der Waals surface area contributed by atoms with E-state index in [1.807, 2.05) is 36.4 Å². The highest BCUT2D eigenvalue weighted by Gasteiger charge is 2.20. The first-order chi connectivity index (χ1) is 10.8. The lowest BCUT2D eigenvalue weighted by atomic mass is 10.0. The van der Waals surface area contributed by atoms with Gasteiger partial charge in [-0.15, -0.1) is 0 Å². The molecule has 0 spiro atoms. The fourth-order valence-electron chi connectivity index (χ4n) is 2.45. The van der Waals surface area contributed by atoms with Crippen molar-refractivity contribution < 1.29 is 9.53 Å². The second-order valence-electron chi connectivity index (χ2n) is 5.31. The van der Waals surface area contributed by atoms with Crippen LogP contribution in [0.25, 0.3) is 0 Å². The first-order valence-electron chi connectivity index (χ1n) is 7.53. The molecule has 0 bridgehead atoms. The van der Waals surface area contributed by atoms with E-state index >= 15 is 0 Å². The summed E-state index contributed by atoms with van der Waals surface area (Å²) in [4.78, 5) is 16.1. The smallest absolute Gasteiger partial charge is 0.241 e. The number of nitrogens with zero attached hydrogens (tertiary/aromatic N) is 1. The Morgan fingerprint density at radius 3 is 2.73 bits per heavy atom. The lowest BCUT2D eigenvalue weighted by Gasteiger charge is -2.22. The van der Waals surface area contributed by atoms with Crippen LogP contribution in [0.15, 0.2) is 48.8 Å². The van der Waals surface area contributed by atoms with Gasteiger partial charge >= 0.3 is 0 Å². The van der Waals surface area contributed by atoms with E-state index < -0.39 is 0 Å². The van der Waals surface area contributed by atoms with Crippen LogP contribution in [0.3, 0.4) is 0 Å². The highest BCUT2D eigenvalue weighted by molar-refractivity contribution is 5.94. The van der Waals surface area contributed by atoms with Gasteiger partial charge in [-0.25, -0.2) is 0 Å². The summed E-state index contributed by atoms with van der Waals surface area (Å²) in [6, 6.07) is 10.9. The minimum atomic E-state index is -0.0833. The van der Waals surface area contributed by atoms with Crippen LogP contribution in [0.4, 0.5) is 5.69 Å². The Labute approximate surface area is 129 Å². The molecule has 1 aliphatic heterocycles. The van der Waals surface area contributed by atoms with E-state index in [0.29, 0.717) is 11.5 Å². The third kappa shape index (κ3) is 3.83. The standard InChI is InChI=1S/C17H19N3O2/c21-17(16-5-1-2-11-19-16)20-13-6-8-14(9-7-13)22-15-4-3-10-18-12-15/h3-4,6-10,12,16,19H,1-2,5,11H2,(H,20,21)/t16-/m1/s1. The number of ether oxygens (including phenoxy) is 1. The molecular weight excluding hydrogens is 278 g/mol. The zero-order valence-corrected chi connectivity index (χ0v) is 12.3. The van der Waals surface area contributed by atoms with Gasteiger partial charge in [0.15, 0.2) is 0 Å². The molecule has 5 heteroatoms. The van der Waals surface area contributed by atoms with E-state index in [4.69, 9.17) is 4.74 Å². The van der Waals surface area contributed by atoms with Crippen molar-refractivity contribution in [2.24, 2.45) is 0 Å². The van der Waals surface area contributed by atoms with Crippen LogP contribution >= 0.6 is 0 Å². The van der Waals surface area contributed by atoms with Gasteiger partial charge in [-0.1, -0.05) is 6.42 Å². The molecule has 114 valence electrons. The van der Waals surface area contributed by atoms with Gasteiger partial charge < -0.3 is 15.4 Å². The van der Waals surface area contributed by atoms with E-state index in [1.165, 1.54) is 0 Å². The normalized spacial score (nSPS) is 17.7. The van der Waals surface area contributed by atoms with Crippen LogP contribution in [0.1, 0.15) is 19.3 Å². The number of carbonyl (C=O) groups is 1. The second-order valence-corrected chi connectivity index (χ2v) is 5.31. The predicted octanol–water partition coefficient (Wildman–Crippen LogP) is 2.95. The van der Waals surface area contributed by atoms with Crippen LogP contribution < -0.4 is 15.4 Å². The number of piperidine rings is 1. The number of hydrogen-bond acceptors (Lipinski definition) is 4. The summed E-state index contributed by atoms with van der Waals surface area (Å²) in [5.74, 6) is 1.42. The second kappa shape index (κ2) is 7.04. The summed E-state index contributed by atoms with van der Waals surface area (Å²) in [5, 5.41) is 6.17. The molecule has 22 heavy (non-hydrogen) atoms. The molecule has 1 atom stereocenters. The molecule has 0 aliphatic carbocycles. The maximum Gasteiger partial charge on any atom is 0.241 e. The molecule has 1 aromatic carbocycles. The number of carbonyl (C=O) groups excluding carboxylic acids is 1. The lowest BCUT2D eigenvalue weighted by Crippen LogP contribution is -2.43. The van der Waals surface area contributed by atoms with Crippen molar-refractivity contribution in [3.63, 3.8) is 0 Å². The summed E-state index contributed by atoms with van der Waals surface area (Å²) in [5.41, 5.74) is 0.774. The Kier molecular flexibility index (Phi) is 4.65. The molecule has 1 saturated heterocycles. The summed E-state index contributed by atoms with van der Waals surface area (Å²) in [7, 11) is 0. The molecule has 0 radical (unpaired) electrons. The summed E-state index contributed by atoms with van der Waals surface area (Å²) >= 11 is 0. The van der Waals surface area contributed by atoms with Gasteiger partial charge in [-0.3, -0.25) is 9.78 Å². The topological polar surface area (TPSA) is 63.2 Å². The largest absolute Gasteiger partial charge is 0.456 e. The van der Waals surface area contributed by atoms with Gasteiger partial charge in [0.05, 0.1) is 12.2 Å². The molecule has 1 aromatic heterocycles. The molecule has 2 heterocycles. The third-order valence-electron chi connectivity index (χ3n) is 3.62. The molecule has 1 aliphatic rings. The Bertz CT molecular complexity index is 608. The number of benzene rings is 1. The fourth-order valence-corrected chi connectivity index (χ4v) is 2.45. The van der Waals surface area contributed by atoms with Crippen LogP contribution in [-0.4, -0.2) is 23.5 Å². The fraction of sp³-hybridized carbons (Fsp3) is 0.294. The van der Waals surface area contributed by atoms with E-state index in [2.05, 4.69) is 15.6 Å². The molecule has 5 nitrogen and oxygen atoms in total. The average molecular weight is 297 g/mol. The van der Waals surface area contributed by atoms with E-state index in [0.717, 1.165) is 31.5 Å². The van der Waals surface area contributed by atoms with Crippen molar-refractivity contribution in [2.45, 2.75) is 25.3 Å². The number of rotatable bonds is 4. The summed E-state index contributed by atoms with van der Waals surface area (Å²) in [6.07, 6.45) is 6.50. The van der Waals surface area contributed by atoms with E-state index in [1.54, 1.807) is 12.4 Å². The first-order valence-corrected chi connectivity index (χ1v) is 7.53. The van der Waals surface area contributed by atoms with Crippen molar-refractivity contribution in [2.75, 3.05) is 11.9 Å². The highest BCUT2D eigenvalue weighted by Crippen LogP contribution is 2.22. The number of amides is 1. The Morgan fingerprint density at radius 2 is 2.05 bits per heavy atom. The Morgan fingerprint density at radius 1 is 1.18 bits per heavy atom. The van der Waals surface area contributed by atoms with Gasteiger partial charge in [0.1, 0.15) is 11.5 Å². The number of aromatic nitrogens is 1. The van der Waals surface area contributed by atoms with Gasteiger partial charge in [0, 0.05) is 11.9 Å². The maximum absolute atomic E-state index is 12.1. The molecular formula is C17H19N3O2. The van der Waals surface area contributed by atoms with E-state index in [9.17, 15) is 4.79 Å². The van der Waals surface area contributed by atoms with Gasteiger partial charge in [-0.2, -0.15) is 0 Å². The number of nitrogens with one attached hydrogen (secondary N) is 2. The first kappa shape index (κ1) is 14.5. The van der Waals surface area contributed by atoms with Crippen LogP contribution in [0.5, 0.6) is 11.5 Å². The molecule has 2 aromatic rings. The SMILES string of the molecule is O=C(Nc1ccc(Oc2cccnc2)cc1)[C@H]1CCCCN1. The number of pyridine rings is 1. The Balaban J connectivity index is 1.58. The maximum atomic E-state index is 12.1. The van der Waals surface area contributed by atoms with Crippen LogP contribution in [-0.2, 0) is 4.79 Å². The zero-order chi connectivity index (χ0) is 15.2. The molecule has 0 saturated carbocycles. The summed E-state index contributed by atoms with van der Waals surface area (Å²) in [6.45, 7) is 0.913. The quantitative estimate of drug-likeness (QED) is 0.910. The van der Waals surface area contributed by atoms with Crippen molar-refractivity contribution in [3.05, 3.63) is 48.8 Å². The van der Waals surface area contributed by atoms with Crippen molar-refractivity contribution in [1.29, 1.82) is 0 Å². The molecule has 0 unspecified atom stereocenters. The van der Waals surface area contributed by atoms with Gasteiger partial charge in [-0.05, 0) is 55.8 Å². The van der Waals surface area contributed by atoms with Crippen molar-refractivity contribution in [1.82, 2.24) is 10.3 Å². The minimum Gasteiger partial charge on any atom is -0.456 e. The zero-order valence-electron chi connectivity index (χ0n) is 12.3. The highest BCUT2D eigenvalue weighted by atomic mass is 16.5. The van der Waals surface area contributed by atoms with E-state index in [-0.39, 0.29) is 11.9 Å². The monoisotopic (exact) mass is 297 g/mol. The molecule has 1 amide bonds. The van der Waals surface area contributed by atoms with Crippen LogP contribution in [0, 0.1) is 0 Å². The summed E-state index contributed by atoms with van der Waals surface area (Å²) < 4.78 is 5.67. The number of hydrogen-bond donors (Lipinski definition) is 2. The number of anilines is 1. The molecule has 3 rings (SSSR count). The van der Waals surface area contributed by atoms with Crippen LogP contribution in [0.2, 0.25) is 0 Å². The van der Waals surface area contributed by atoms with Gasteiger partial charge in [0.2, 0.25) is 5.91 Å². The molecule has 2 N–H and O–H groups in total. The van der Waals surface area contributed by atoms with Crippen molar-refractivity contribution in [3.8, 4) is 11.5 Å². The van der Waals surface area contributed by atoms with Gasteiger partial charge in [0.25, 0.3) is 0 Å². The Hall–Kier alpha value is -2.40. The minimum absolute atomic E-state index is 0.0284. The third-order valence-corrected chi connectivity index (χ3v) is 3.62. The predicted molar refractivity (Wildman–Crippen MR) is 85.0 cm³/mol. The molecule has 1 fully saturated rings.